The molecular formula is C42H47F3N4O6S2. The highest BCUT2D eigenvalue weighted by atomic mass is 32.2. The van der Waals surface area contributed by atoms with Gasteiger partial charge in [0.2, 0.25) is 10.0 Å². The smallest absolute Gasteiger partial charge is 0.407 e. The number of hydrogen-bond acceptors (Lipinski definition) is 8. The molecule has 57 heavy (non-hydrogen) atoms. The van der Waals surface area contributed by atoms with Gasteiger partial charge in [0, 0.05) is 47.4 Å². The van der Waals surface area contributed by atoms with E-state index in [1.807, 2.05) is 20.8 Å². The minimum absolute atomic E-state index is 0.0307. The van der Waals surface area contributed by atoms with Crippen molar-refractivity contribution in [3.8, 4) is 11.1 Å². The second-order valence-electron chi connectivity index (χ2n) is 15.0. The van der Waals surface area contributed by atoms with Crippen LogP contribution >= 0.6 is 11.3 Å². The van der Waals surface area contributed by atoms with E-state index in [-0.39, 0.29) is 26.6 Å². The van der Waals surface area contributed by atoms with Crippen molar-refractivity contribution in [2.24, 2.45) is 12.5 Å². The Hall–Kier alpha value is -4.83. The number of benzene rings is 3. The number of Topliss-reactive ketones (excluding diaryl/α,β-unsaturated/α-hetero) is 1. The number of ether oxygens (including phenoxy) is 1. The molecule has 10 nitrogen and oxygen atoms in total. The molecule has 5 aromatic rings. The number of alkyl carbamates (subject to hydrolysis) is 1. The van der Waals surface area contributed by atoms with Crippen LogP contribution in [0.5, 0.6) is 0 Å². The molecule has 0 unspecified atom stereocenters. The zero-order chi connectivity index (χ0) is 41.5. The maximum atomic E-state index is 15.1. The van der Waals surface area contributed by atoms with Gasteiger partial charge in [-0.05, 0) is 52.8 Å². The van der Waals surface area contributed by atoms with Crippen molar-refractivity contribution in [2.45, 2.75) is 68.6 Å². The molecule has 15 heteroatoms. The molecule has 2 heterocycles. The van der Waals surface area contributed by atoms with E-state index in [1.165, 1.54) is 24.3 Å². The number of alkyl halides is 3. The zero-order valence-corrected chi connectivity index (χ0v) is 33.9. The number of ketones is 1. The SMILES string of the molecule is COC(=O)N[C@H](C(=O)C[C@H](c1ccc([C@@H](CO)N(CCC(C)(C)C)S(=O)(=O)c2ccc(-c3cnn(C)c3)cc2)s1)C(F)(F)F)C(c1ccccc1)c1ccccc1. The predicted molar refractivity (Wildman–Crippen MR) is 213 cm³/mol. The van der Waals surface area contributed by atoms with Gasteiger partial charge in [-0.15, -0.1) is 11.3 Å². The largest absolute Gasteiger partial charge is 0.453 e. The lowest BCUT2D eigenvalue weighted by molar-refractivity contribution is -0.156. The van der Waals surface area contributed by atoms with Gasteiger partial charge in [0.1, 0.15) is 6.04 Å². The van der Waals surface area contributed by atoms with Gasteiger partial charge in [-0.1, -0.05) is 93.6 Å². The molecule has 0 radical (unpaired) electrons. The molecule has 0 bridgehead atoms. The van der Waals surface area contributed by atoms with Crippen molar-refractivity contribution in [2.75, 3.05) is 20.3 Å². The Morgan fingerprint density at radius 1 is 0.895 bits per heavy atom. The van der Waals surface area contributed by atoms with E-state index >= 15 is 13.2 Å². The second-order valence-corrected chi connectivity index (χ2v) is 18.0. The van der Waals surface area contributed by atoms with Gasteiger partial charge >= 0.3 is 12.3 Å². The molecule has 304 valence electrons. The van der Waals surface area contributed by atoms with E-state index in [1.54, 1.807) is 96.9 Å². The van der Waals surface area contributed by atoms with Crippen LogP contribution in [0.4, 0.5) is 18.0 Å². The number of halogens is 3. The summed E-state index contributed by atoms with van der Waals surface area (Å²) in [6.45, 7) is 5.06. The summed E-state index contributed by atoms with van der Waals surface area (Å²) in [6, 6.07) is 23.5. The number of sulfonamides is 1. The Morgan fingerprint density at radius 3 is 1.96 bits per heavy atom. The van der Waals surface area contributed by atoms with Crippen molar-refractivity contribution in [3.05, 3.63) is 130 Å². The number of amides is 1. The van der Waals surface area contributed by atoms with Crippen LogP contribution in [0.3, 0.4) is 0 Å². The maximum absolute atomic E-state index is 15.1. The molecule has 0 aliphatic heterocycles. The number of methoxy groups -OCH3 is 1. The Balaban J connectivity index is 1.50. The van der Waals surface area contributed by atoms with Crippen LogP contribution in [0.2, 0.25) is 0 Å². The lowest BCUT2D eigenvalue weighted by Gasteiger charge is -2.32. The van der Waals surface area contributed by atoms with Gasteiger partial charge in [-0.25, -0.2) is 13.2 Å². The molecular weight excluding hydrogens is 778 g/mol. The van der Waals surface area contributed by atoms with Crippen molar-refractivity contribution >= 4 is 33.2 Å². The van der Waals surface area contributed by atoms with E-state index in [9.17, 15) is 23.1 Å². The average Bonchev–Trinajstić information content (AvgIpc) is 3.84. The Kier molecular flexibility index (Phi) is 13.8. The molecule has 0 aliphatic carbocycles. The van der Waals surface area contributed by atoms with Crippen molar-refractivity contribution in [3.63, 3.8) is 0 Å². The third-order valence-electron chi connectivity index (χ3n) is 9.68. The molecule has 1 amide bonds. The van der Waals surface area contributed by atoms with Crippen LogP contribution in [0, 0.1) is 5.41 Å². The summed E-state index contributed by atoms with van der Waals surface area (Å²) in [7, 11) is -1.43. The number of nitrogens with zero attached hydrogens (tertiary/aromatic N) is 3. The van der Waals surface area contributed by atoms with E-state index in [0.29, 0.717) is 28.9 Å². The summed E-state index contributed by atoms with van der Waals surface area (Å²) >= 11 is 0.689. The number of rotatable bonds is 16. The molecule has 0 aliphatic rings. The first-order valence-electron chi connectivity index (χ1n) is 18.3. The normalized spacial score (nSPS) is 14.0. The monoisotopic (exact) mass is 824 g/mol. The van der Waals surface area contributed by atoms with E-state index < -0.39 is 65.0 Å². The van der Waals surface area contributed by atoms with Crippen LogP contribution < -0.4 is 5.32 Å². The molecule has 3 atom stereocenters. The number of nitrogens with one attached hydrogen (secondary N) is 1. The number of hydrogen-bond donors (Lipinski definition) is 2. The highest BCUT2D eigenvalue weighted by Crippen LogP contribution is 2.44. The number of carbonyl (C=O) groups excluding carboxylic acids is 2. The third-order valence-corrected chi connectivity index (χ3v) is 12.9. The van der Waals surface area contributed by atoms with Crippen LogP contribution in [-0.2, 0) is 26.6 Å². The van der Waals surface area contributed by atoms with Crippen molar-refractivity contribution in [1.29, 1.82) is 0 Å². The van der Waals surface area contributed by atoms with Gasteiger partial charge in [0.05, 0.1) is 36.8 Å². The number of aryl methyl sites for hydroxylation is 1. The summed E-state index contributed by atoms with van der Waals surface area (Å²) < 4.78 is 81.4. The quantitative estimate of drug-likeness (QED) is 0.102. The standard InChI is InChI=1S/C42H47F3N4O6S2/c1-41(2,3)22-23-49(57(53,54)32-18-16-28(17-19-32)31-25-46-48(4)26-31)34(27-50)37-21-20-36(56-37)33(42(43,44)45)24-35(51)39(47-40(52)55-5)38(29-12-8-6-9-13-29)30-14-10-7-11-15-30/h6-21,25-26,33-34,38-39,50H,22-24,27H2,1-5H3,(H,47,52)/t33-,34-,39-/m1/s1. The highest BCUT2D eigenvalue weighted by Gasteiger charge is 2.46. The lowest BCUT2D eigenvalue weighted by atomic mass is 9.81. The van der Waals surface area contributed by atoms with Crippen LogP contribution in [0.15, 0.2) is 114 Å². The number of aliphatic hydroxyl groups excluding tert-OH is 1. The Labute approximate surface area is 335 Å². The topological polar surface area (TPSA) is 131 Å². The van der Waals surface area contributed by atoms with Crippen molar-refractivity contribution < 1.29 is 41.0 Å². The summed E-state index contributed by atoms with van der Waals surface area (Å²) in [5.74, 6) is -4.05. The van der Waals surface area contributed by atoms with E-state index in [4.69, 9.17) is 4.74 Å². The van der Waals surface area contributed by atoms with Crippen LogP contribution in [0.1, 0.15) is 72.4 Å². The number of aliphatic hydroxyl groups is 1. The molecule has 2 aromatic heterocycles. The first-order chi connectivity index (χ1) is 26.9. The summed E-state index contributed by atoms with van der Waals surface area (Å²) in [5.41, 5.74) is 2.38. The maximum Gasteiger partial charge on any atom is 0.407 e. The minimum atomic E-state index is -4.91. The number of aromatic nitrogens is 2. The van der Waals surface area contributed by atoms with Gasteiger partial charge < -0.3 is 15.2 Å². The molecule has 0 spiro atoms. The number of thiophene rings is 1. The average molecular weight is 825 g/mol. The van der Waals surface area contributed by atoms with Gasteiger partial charge in [0.15, 0.2) is 5.78 Å². The lowest BCUT2D eigenvalue weighted by Crippen LogP contribution is -2.46. The molecule has 0 fully saturated rings. The summed E-state index contributed by atoms with van der Waals surface area (Å²) in [4.78, 5) is 26.7. The molecule has 5 rings (SSSR count). The fourth-order valence-electron chi connectivity index (χ4n) is 6.61. The molecule has 3 aromatic carbocycles. The summed E-state index contributed by atoms with van der Waals surface area (Å²) in [5, 5.41) is 17.4. The predicted octanol–water partition coefficient (Wildman–Crippen LogP) is 8.47. The van der Waals surface area contributed by atoms with E-state index in [0.717, 1.165) is 22.5 Å². The third kappa shape index (κ3) is 10.8. The highest BCUT2D eigenvalue weighted by molar-refractivity contribution is 7.89. The zero-order valence-electron chi connectivity index (χ0n) is 32.3. The number of carbonyl (C=O) groups is 2. The molecule has 0 saturated heterocycles. The Morgan fingerprint density at radius 2 is 1.47 bits per heavy atom. The summed E-state index contributed by atoms with van der Waals surface area (Å²) in [6.07, 6.45) is -3.11. The van der Waals surface area contributed by atoms with Crippen molar-refractivity contribution in [1.82, 2.24) is 19.4 Å². The van der Waals surface area contributed by atoms with E-state index in [2.05, 4.69) is 10.4 Å². The minimum Gasteiger partial charge on any atom is -0.453 e. The van der Waals surface area contributed by atoms with Crippen LogP contribution in [0.25, 0.3) is 11.1 Å². The fourth-order valence-corrected chi connectivity index (χ4v) is 9.52. The Bertz CT molecular complexity index is 2160. The van der Waals surface area contributed by atoms with Gasteiger partial charge in [-0.3, -0.25) is 9.48 Å². The molecule has 0 saturated carbocycles. The van der Waals surface area contributed by atoms with Gasteiger partial charge in [0.25, 0.3) is 0 Å². The fraction of sp³-hybridized carbons (Fsp3) is 0.357. The first kappa shape index (κ1) is 43.3. The first-order valence-corrected chi connectivity index (χ1v) is 20.5. The second kappa shape index (κ2) is 18.2. The van der Waals surface area contributed by atoms with Crippen LogP contribution in [-0.4, -0.2) is 72.0 Å². The molecule has 2 N–H and O–H groups in total. The van der Waals surface area contributed by atoms with Gasteiger partial charge in [-0.2, -0.15) is 22.6 Å².